The number of aromatic nitrogens is 2. The number of ether oxygens (including phenoxy) is 1. The summed E-state index contributed by atoms with van der Waals surface area (Å²) in [6.45, 7) is 3.82. The van der Waals surface area contributed by atoms with Crippen LogP contribution in [0, 0.1) is 0 Å². The van der Waals surface area contributed by atoms with E-state index in [1.807, 2.05) is 13.8 Å². The first kappa shape index (κ1) is 14.9. The first-order valence-electron chi connectivity index (χ1n) is 5.94. The van der Waals surface area contributed by atoms with Gasteiger partial charge in [-0.15, -0.1) is 0 Å². The fourth-order valence-corrected chi connectivity index (χ4v) is 1.93. The van der Waals surface area contributed by atoms with Crippen molar-refractivity contribution in [2.45, 2.75) is 45.3 Å². The van der Waals surface area contributed by atoms with Gasteiger partial charge in [0.1, 0.15) is 11.3 Å². The van der Waals surface area contributed by atoms with Gasteiger partial charge in [0.25, 0.3) is 6.43 Å². The van der Waals surface area contributed by atoms with Crippen LogP contribution < -0.4 is 5.73 Å². The molecule has 0 aliphatic carbocycles. The number of hydrogen-bond acceptors (Lipinski definition) is 4. The van der Waals surface area contributed by atoms with Crippen LogP contribution in [0.2, 0.25) is 0 Å². The minimum atomic E-state index is -2.66. The Morgan fingerprint density at radius 2 is 2.00 bits per heavy atom. The molecule has 1 rings (SSSR count). The van der Waals surface area contributed by atoms with Crippen LogP contribution in [-0.4, -0.2) is 17.1 Å². The highest BCUT2D eigenvalue weighted by Crippen LogP contribution is 2.31. The second kappa shape index (κ2) is 6.15. The Bertz CT molecular complexity index is 387. The highest BCUT2D eigenvalue weighted by Gasteiger charge is 2.32. The van der Waals surface area contributed by atoms with Gasteiger partial charge in [-0.2, -0.15) is 0 Å². The maximum atomic E-state index is 12.9. The minimum absolute atomic E-state index is 0.00180. The maximum Gasteiger partial charge on any atom is 0.280 e. The van der Waals surface area contributed by atoms with E-state index in [1.165, 1.54) is 13.3 Å². The van der Waals surface area contributed by atoms with Crippen LogP contribution in [0.4, 0.5) is 8.78 Å². The molecule has 1 aromatic heterocycles. The molecule has 0 saturated heterocycles. The Labute approximate surface area is 106 Å². The minimum Gasteiger partial charge on any atom is -0.370 e. The van der Waals surface area contributed by atoms with Crippen LogP contribution in [0.3, 0.4) is 0 Å². The molecule has 0 bridgehead atoms. The molecule has 0 aliphatic rings. The van der Waals surface area contributed by atoms with Gasteiger partial charge in [0.05, 0.1) is 0 Å². The van der Waals surface area contributed by atoms with Crippen molar-refractivity contribution in [2.24, 2.45) is 5.73 Å². The number of hydrogen-bond donors (Lipinski definition) is 1. The maximum absolute atomic E-state index is 12.9. The zero-order valence-corrected chi connectivity index (χ0v) is 10.9. The van der Waals surface area contributed by atoms with Crippen LogP contribution in [-0.2, 0) is 16.9 Å². The van der Waals surface area contributed by atoms with E-state index >= 15 is 0 Å². The van der Waals surface area contributed by atoms with Crippen LogP contribution >= 0.6 is 0 Å². The summed E-state index contributed by atoms with van der Waals surface area (Å²) in [5.41, 5.74) is 4.66. The third-order valence-electron chi connectivity index (χ3n) is 3.27. The van der Waals surface area contributed by atoms with Gasteiger partial charge in [0.15, 0.2) is 5.82 Å². The van der Waals surface area contributed by atoms with Gasteiger partial charge < -0.3 is 10.5 Å². The molecule has 1 aromatic rings. The molecule has 0 radical (unpaired) electrons. The highest BCUT2D eigenvalue weighted by molar-refractivity contribution is 5.20. The lowest BCUT2D eigenvalue weighted by Crippen LogP contribution is -2.30. The van der Waals surface area contributed by atoms with Gasteiger partial charge in [-0.3, -0.25) is 0 Å². The van der Waals surface area contributed by atoms with E-state index in [9.17, 15) is 8.78 Å². The zero-order valence-electron chi connectivity index (χ0n) is 10.9. The van der Waals surface area contributed by atoms with Crippen molar-refractivity contribution in [1.82, 2.24) is 9.97 Å². The second-order valence-electron chi connectivity index (χ2n) is 4.01. The highest BCUT2D eigenvalue weighted by atomic mass is 19.3. The lowest BCUT2D eigenvalue weighted by Gasteiger charge is -2.28. The number of methoxy groups -OCH3 is 1. The lowest BCUT2D eigenvalue weighted by atomic mass is 9.95. The first-order chi connectivity index (χ1) is 8.54. The summed E-state index contributed by atoms with van der Waals surface area (Å²) >= 11 is 0. The van der Waals surface area contributed by atoms with Gasteiger partial charge in [-0.05, 0) is 12.8 Å². The molecule has 2 N–H and O–H groups in total. The Balaban J connectivity index is 3.30. The molecule has 1 heterocycles. The molecule has 0 unspecified atom stereocenters. The van der Waals surface area contributed by atoms with Crippen molar-refractivity contribution in [3.63, 3.8) is 0 Å². The standard InChI is InChI=1S/C12H19F2N3O/c1-4-12(5-2,18-3)11-16-7-8(6-15)9(17-11)10(13)14/h7,10H,4-6,15H2,1-3H3. The van der Waals surface area contributed by atoms with E-state index in [1.54, 1.807) is 0 Å². The van der Waals surface area contributed by atoms with E-state index in [-0.39, 0.29) is 17.8 Å². The lowest BCUT2D eigenvalue weighted by molar-refractivity contribution is -0.0298. The third kappa shape index (κ3) is 2.64. The summed E-state index contributed by atoms with van der Waals surface area (Å²) in [4.78, 5) is 8.09. The van der Waals surface area contributed by atoms with Gasteiger partial charge >= 0.3 is 0 Å². The molecule has 0 aromatic carbocycles. The fraction of sp³-hybridized carbons (Fsp3) is 0.667. The van der Waals surface area contributed by atoms with Gasteiger partial charge in [-0.1, -0.05) is 13.8 Å². The normalized spacial score (nSPS) is 12.2. The summed E-state index contributed by atoms with van der Waals surface area (Å²) in [5, 5.41) is 0. The predicted molar refractivity (Wildman–Crippen MR) is 64.1 cm³/mol. The molecular weight excluding hydrogens is 240 g/mol. The molecule has 6 heteroatoms. The topological polar surface area (TPSA) is 61.0 Å². The first-order valence-corrected chi connectivity index (χ1v) is 5.94. The largest absolute Gasteiger partial charge is 0.370 e. The summed E-state index contributed by atoms with van der Waals surface area (Å²) in [6.07, 6.45) is -0.0633. The number of rotatable bonds is 6. The van der Waals surface area contributed by atoms with Crippen molar-refractivity contribution in [2.75, 3.05) is 7.11 Å². The summed E-state index contributed by atoms with van der Waals surface area (Å²) in [7, 11) is 1.54. The summed E-state index contributed by atoms with van der Waals surface area (Å²) in [6, 6.07) is 0. The van der Waals surface area contributed by atoms with E-state index in [4.69, 9.17) is 10.5 Å². The molecule has 18 heavy (non-hydrogen) atoms. The monoisotopic (exact) mass is 259 g/mol. The second-order valence-corrected chi connectivity index (χ2v) is 4.01. The van der Waals surface area contributed by atoms with E-state index < -0.39 is 12.0 Å². The van der Waals surface area contributed by atoms with Crippen molar-refractivity contribution in [3.8, 4) is 0 Å². The molecule has 0 atom stereocenters. The SMILES string of the molecule is CCC(CC)(OC)c1ncc(CN)c(C(F)F)n1. The van der Waals surface area contributed by atoms with Gasteiger partial charge in [0, 0.05) is 25.4 Å². The van der Waals surface area contributed by atoms with Crippen LogP contribution in [0.5, 0.6) is 0 Å². The van der Waals surface area contributed by atoms with E-state index in [0.29, 0.717) is 18.7 Å². The number of nitrogens with zero attached hydrogens (tertiary/aromatic N) is 2. The summed E-state index contributed by atoms with van der Waals surface area (Å²) in [5.74, 6) is 0.294. The molecule has 0 amide bonds. The number of halogens is 2. The van der Waals surface area contributed by atoms with Gasteiger partial charge in [0.2, 0.25) is 0 Å². The Hall–Kier alpha value is -1.14. The molecule has 0 fully saturated rings. The van der Waals surface area contributed by atoms with Crippen LogP contribution in [0.1, 0.15) is 50.2 Å². The number of nitrogens with two attached hydrogens (primary N) is 1. The Kier molecular flexibility index (Phi) is 5.10. The van der Waals surface area contributed by atoms with E-state index in [0.717, 1.165) is 0 Å². The van der Waals surface area contributed by atoms with Crippen molar-refractivity contribution >= 4 is 0 Å². The summed E-state index contributed by atoms with van der Waals surface area (Å²) < 4.78 is 31.2. The van der Waals surface area contributed by atoms with E-state index in [2.05, 4.69) is 9.97 Å². The average molecular weight is 259 g/mol. The third-order valence-corrected chi connectivity index (χ3v) is 3.27. The number of alkyl halides is 2. The quantitative estimate of drug-likeness (QED) is 0.852. The predicted octanol–water partition coefficient (Wildman–Crippen LogP) is 2.53. The Morgan fingerprint density at radius 3 is 2.39 bits per heavy atom. The van der Waals surface area contributed by atoms with Crippen molar-refractivity contribution in [1.29, 1.82) is 0 Å². The van der Waals surface area contributed by atoms with Crippen molar-refractivity contribution in [3.05, 3.63) is 23.3 Å². The van der Waals surface area contributed by atoms with Crippen LogP contribution in [0.25, 0.3) is 0 Å². The fourth-order valence-electron chi connectivity index (χ4n) is 1.93. The molecule has 102 valence electrons. The molecule has 4 nitrogen and oxygen atoms in total. The molecule has 0 saturated carbocycles. The zero-order chi connectivity index (χ0) is 13.8. The van der Waals surface area contributed by atoms with Crippen molar-refractivity contribution < 1.29 is 13.5 Å². The van der Waals surface area contributed by atoms with Gasteiger partial charge in [-0.25, -0.2) is 18.7 Å². The Morgan fingerprint density at radius 1 is 1.39 bits per heavy atom. The van der Waals surface area contributed by atoms with Crippen LogP contribution in [0.15, 0.2) is 6.20 Å². The average Bonchev–Trinajstić information content (AvgIpc) is 2.41. The molecular formula is C12H19F2N3O. The molecule has 0 spiro atoms. The smallest absolute Gasteiger partial charge is 0.280 e. The molecule has 0 aliphatic heterocycles.